The topological polar surface area (TPSA) is 95.9 Å². The van der Waals surface area contributed by atoms with Gasteiger partial charge in [-0.3, -0.25) is 14.4 Å². The van der Waals surface area contributed by atoms with Gasteiger partial charge in [0.15, 0.2) is 0 Å². The van der Waals surface area contributed by atoms with Gasteiger partial charge in [-0.25, -0.2) is 0 Å². The molecule has 1 aliphatic heterocycles. The lowest BCUT2D eigenvalue weighted by atomic mass is 9.97. The summed E-state index contributed by atoms with van der Waals surface area (Å²) in [5, 5.41) is 12.3. The molecule has 1 aliphatic carbocycles. The number of carbonyl (C=O) groups excluding carboxylic acids is 3. The zero-order chi connectivity index (χ0) is 19.5. The lowest BCUT2D eigenvalue weighted by molar-refractivity contribution is -0.152. The molecule has 0 radical (unpaired) electrons. The van der Waals surface area contributed by atoms with Gasteiger partial charge in [-0.15, -0.1) is 0 Å². The minimum atomic E-state index is -1.68. The maximum Gasteiger partial charge on any atom is 0.310 e. The fourth-order valence-electron chi connectivity index (χ4n) is 2.90. The number of nitrogens with one attached hydrogen (secondary N) is 1. The van der Waals surface area contributed by atoms with Gasteiger partial charge in [0.2, 0.25) is 15.6 Å². The molecule has 1 saturated carbocycles. The van der Waals surface area contributed by atoms with Gasteiger partial charge in [-0.1, -0.05) is 34.8 Å². The van der Waals surface area contributed by atoms with E-state index in [1.54, 1.807) is 6.92 Å². The Morgan fingerprint density at radius 1 is 1.27 bits per heavy atom. The van der Waals surface area contributed by atoms with Crippen LogP contribution < -0.4 is 5.32 Å². The van der Waals surface area contributed by atoms with E-state index in [2.05, 4.69) is 5.32 Å². The van der Waals surface area contributed by atoms with Crippen molar-refractivity contribution in [1.82, 2.24) is 10.2 Å². The highest BCUT2D eigenvalue weighted by molar-refractivity contribution is 6.67. The van der Waals surface area contributed by atoms with Crippen LogP contribution in [0.1, 0.15) is 32.6 Å². The molecule has 2 fully saturated rings. The monoisotopic (exact) mass is 428 g/mol. The zero-order valence-corrected chi connectivity index (χ0v) is 16.7. The van der Waals surface area contributed by atoms with E-state index in [1.165, 1.54) is 4.90 Å². The van der Waals surface area contributed by atoms with E-state index in [-0.39, 0.29) is 25.0 Å². The molecule has 1 saturated heterocycles. The quantitative estimate of drug-likeness (QED) is 0.492. The summed E-state index contributed by atoms with van der Waals surface area (Å²) in [5.74, 6) is -1.87. The number of likely N-dealkylation sites (tertiary alicyclic amines) is 1. The number of aliphatic hydroxyl groups excluding tert-OH is 1. The minimum absolute atomic E-state index is 0.00985. The van der Waals surface area contributed by atoms with Gasteiger partial charge in [0.1, 0.15) is 18.8 Å². The molecule has 10 heteroatoms. The summed E-state index contributed by atoms with van der Waals surface area (Å²) < 4.78 is 3.31. The number of nitrogens with zero attached hydrogens (tertiary/aromatic N) is 1. The average Bonchev–Trinajstić information content (AvgIpc) is 3.42. The Bertz CT molecular complexity index is 550. The van der Waals surface area contributed by atoms with Crippen LogP contribution >= 0.6 is 34.8 Å². The number of amides is 2. The lowest BCUT2D eigenvalue weighted by Crippen LogP contribution is -2.52. The van der Waals surface area contributed by atoms with E-state index in [1.807, 2.05) is 0 Å². The molecular weight excluding hydrogens is 407 g/mol. The van der Waals surface area contributed by atoms with Crippen molar-refractivity contribution in [2.45, 2.75) is 48.5 Å². The van der Waals surface area contributed by atoms with Crippen LogP contribution in [0.15, 0.2) is 0 Å². The number of esters is 1. The smallest absolute Gasteiger partial charge is 0.310 e. The molecule has 2 N–H and O–H groups in total. The molecule has 2 amide bonds. The van der Waals surface area contributed by atoms with E-state index in [0.29, 0.717) is 19.4 Å². The molecule has 7 nitrogen and oxygen atoms in total. The van der Waals surface area contributed by atoms with Crippen molar-refractivity contribution in [1.29, 1.82) is 0 Å². The van der Waals surface area contributed by atoms with Crippen LogP contribution in [-0.4, -0.2) is 63.4 Å². The van der Waals surface area contributed by atoms with Crippen molar-refractivity contribution < 1.29 is 24.2 Å². The van der Waals surface area contributed by atoms with Gasteiger partial charge in [-0.2, -0.15) is 0 Å². The number of hydrogen-bond acceptors (Lipinski definition) is 5. The van der Waals surface area contributed by atoms with Gasteiger partial charge in [0.25, 0.3) is 0 Å². The standard InChI is InChI=1S/C16H23Cl3N2O5/c1-9(20-13(23)12(22)10-4-5-10)14(24)21-6-2-3-11(7-21)15(25)26-8-16(17,18)19/h9-12,22H,2-8H2,1H3,(H,20,23)/t9-,11+,12?/m0/s1. The minimum Gasteiger partial charge on any atom is -0.461 e. The van der Waals surface area contributed by atoms with Gasteiger partial charge in [0.05, 0.1) is 5.92 Å². The maximum atomic E-state index is 12.5. The highest BCUT2D eigenvalue weighted by Crippen LogP contribution is 2.32. The molecule has 0 aromatic heterocycles. The molecule has 3 atom stereocenters. The molecule has 2 aliphatic rings. The number of ether oxygens (including phenoxy) is 1. The van der Waals surface area contributed by atoms with Crippen LogP contribution in [0.25, 0.3) is 0 Å². The number of hydrogen-bond donors (Lipinski definition) is 2. The van der Waals surface area contributed by atoms with Crippen LogP contribution in [0.4, 0.5) is 0 Å². The first-order valence-corrected chi connectivity index (χ1v) is 9.72. The molecule has 1 unspecified atom stereocenters. The van der Waals surface area contributed by atoms with Crippen molar-refractivity contribution in [2.75, 3.05) is 19.7 Å². The zero-order valence-electron chi connectivity index (χ0n) is 14.4. The van der Waals surface area contributed by atoms with E-state index in [0.717, 1.165) is 12.8 Å². The Labute approximate surface area is 167 Å². The maximum absolute atomic E-state index is 12.5. The summed E-state index contributed by atoms with van der Waals surface area (Å²) in [6.07, 6.45) is 1.77. The molecule has 1 heterocycles. The first-order valence-electron chi connectivity index (χ1n) is 8.59. The van der Waals surface area contributed by atoms with E-state index in [9.17, 15) is 19.5 Å². The summed E-state index contributed by atoms with van der Waals surface area (Å²) >= 11 is 16.7. The molecule has 148 valence electrons. The van der Waals surface area contributed by atoms with Crippen molar-refractivity contribution >= 4 is 52.6 Å². The van der Waals surface area contributed by atoms with Crippen LogP contribution in [-0.2, 0) is 19.1 Å². The van der Waals surface area contributed by atoms with Gasteiger partial charge in [0, 0.05) is 13.1 Å². The summed E-state index contributed by atoms with van der Waals surface area (Å²) in [6.45, 7) is 1.87. The second-order valence-corrected chi connectivity index (χ2v) is 9.37. The number of carbonyl (C=O) groups is 3. The first kappa shape index (κ1) is 21.5. The summed E-state index contributed by atoms with van der Waals surface area (Å²) in [5.41, 5.74) is 0. The van der Waals surface area contributed by atoms with Crippen LogP contribution in [0.5, 0.6) is 0 Å². The van der Waals surface area contributed by atoms with Gasteiger partial charge in [-0.05, 0) is 38.5 Å². The molecule has 0 aromatic carbocycles. The van der Waals surface area contributed by atoms with E-state index < -0.39 is 33.7 Å². The third kappa shape index (κ3) is 6.44. The molecule has 26 heavy (non-hydrogen) atoms. The Morgan fingerprint density at radius 2 is 1.92 bits per heavy atom. The SMILES string of the molecule is C[C@H](NC(=O)C(O)C1CC1)C(=O)N1CCC[C@@H](C(=O)OCC(Cl)(Cl)Cl)C1. The van der Waals surface area contributed by atoms with Crippen molar-refractivity contribution in [3.63, 3.8) is 0 Å². The average molecular weight is 430 g/mol. The lowest BCUT2D eigenvalue weighted by Gasteiger charge is -2.33. The van der Waals surface area contributed by atoms with E-state index >= 15 is 0 Å². The normalized spacial score (nSPS) is 23.1. The fourth-order valence-corrected chi connectivity index (χ4v) is 3.06. The van der Waals surface area contributed by atoms with Crippen LogP contribution in [0.2, 0.25) is 0 Å². The Kier molecular flexibility index (Phi) is 7.42. The number of piperidine rings is 1. The highest BCUT2D eigenvalue weighted by atomic mass is 35.6. The summed E-state index contributed by atoms with van der Waals surface area (Å²) in [7, 11) is 0. The second-order valence-electron chi connectivity index (χ2n) is 6.86. The number of rotatable bonds is 6. The van der Waals surface area contributed by atoms with Crippen molar-refractivity contribution in [3.8, 4) is 0 Å². The van der Waals surface area contributed by atoms with Crippen LogP contribution in [0, 0.1) is 11.8 Å². The second kappa shape index (κ2) is 8.95. The molecular formula is C16H23Cl3N2O5. The Hall–Kier alpha value is -0.760. The largest absolute Gasteiger partial charge is 0.461 e. The predicted molar refractivity (Wildman–Crippen MR) is 96.9 cm³/mol. The van der Waals surface area contributed by atoms with Crippen molar-refractivity contribution in [2.24, 2.45) is 11.8 Å². The van der Waals surface area contributed by atoms with Gasteiger partial charge >= 0.3 is 5.97 Å². The number of aliphatic hydroxyl groups is 1. The Balaban J connectivity index is 1.84. The van der Waals surface area contributed by atoms with Crippen molar-refractivity contribution in [3.05, 3.63) is 0 Å². The Morgan fingerprint density at radius 3 is 2.50 bits per heavy atom. The molecule has 0 spiro atoms. The van der Waals surface area contributed by atoms with Gasteiger partial charge < -0.3 is 20.1 Å². The molecule has 0 bridgehead atoms. The van der Waals surface area contributed by atoms with Crippen LogP contribution in [0.3, 0.4) is 0 Å². The third-order valence-corrected chi connectivity index (χ3v) is 4.84. The predicted octanol–water partition coefficient (Wildman–Crippen LogP) is 1.41. The number of halogens is 3. The summed E-state index contributed by atoms with van der Waals surface area (Å²) in [6, 6.07) is -0.785. The molecule has 0 aromatic rings. The number of alkyl halides is 3. The fraction of sp³-hybridized carbons (Fsp3) is 0.812. The first-order chi connectivity index (χ1) is 12.1. The highest BCUT2D eigenvalue weighted by Gasteiger charge is 2.37. The third-order valence-electron chi connectivity index (χ3n) is 4.51. The summed E-state index contributed by atoms with van der Waals surface area (Å²) in [4.78, 5) is 38.1. The van der Waals surface area contributed by atoms with E-state index in [4.69, 9.17) is 39.5 Å². The molecule has 2 rings (SSSR count).